The number of rotatable bonds is 1. The van der Waals surface area contributed by atoms with Crippen LogP contribution in [0.25, 0.3) is 28.1 Å². The molecule has 0 aliphatic heterocycles. The Morgan fingerprint density at radius 1 is 1.10 bits per heavy atom. The van der Waals surface area contributed by atoms with Crippen LogP contribution in [0.5, 0.6) is 0 Å². The molecule has 0 bridgehead atoms. The van der Waals surface area contributed by atoms with Gasteiger partial charge in [0.15, 0.2) is 17.1 Å². The van der Waals surface area contributed by atoms with Gasteiger partial charge in [-0.2, -0.15) is 5.10 Å². The largest absolute Gasteiger partial charge is 0.273 e. The third-order valence-electron chi connectivity index (χ3n) is 3.07. The van der Waals surface area contributed by atoms with E-state index < -0.39 is 0 Å². The first-order valence-electron chi connectivity index (χ1n) is 6.01. The van der Waals surface area contributed by atoms with Gasteiger partial charge in [-0.1, -0.05) is 11.6 Å². The lowest BCUT2D eigenvalue weighted by Crippen LogP contribution is -1.90. The minimum atomic E-state index is 0.639. The SMILES string of the molecule is Cn1cc2c(ncn3nc(-c4ccc(Cl)cc4)nc23)n1. The molecule has 0 saturated heterocycles. The molecule has 0 fully saturated rings. The maximum absolute atomic E-state index is 5.89. The van der Waals surface area contributed by atoms with Crippen molar-refractivity contribution >= 4 is 28.3 Å². The van der Waals surface area contributed by atoms with Gasteiger partial charge in [-0.25, -0.2) is 14.5 Å². The van der Waals surface area contributed by atoms with Crippen molar-refractivity contribution in [1.29, 1.82) is 0 Å². The maximum atomic E-state index is 5.89. The highest BCUT2D eigenvalue weighted by atomic mass is 35.5. The van der Waals surface area contributed by atoms with Crippen molar-refractivity contribution in [3.05, 3.63) is 41.8 Å². The van der Waals surface area contributed by atoms with Crippen molar-refractivity contribution in [3.8, 4) is 11.4 Å². The fraction of sp³-hybridized carbons (Fsp3) is 0.0769. The van der Waals surface area contributed by atoms with E-state index in [0.717, 1.165) is 16.6 Å². The highest BCUT2D eigenvalue weighted by Crippen LogP contribution is 2.21. The second-order valence-corrected chi connectivity index (χ2v) is 4.93. The van der Waals surface area contributed by atoms with Gasteiger partial charge in [0.1, 0.15) is 6.33 Å². The third kappa shape index (κ3) is 1.65. The molecular weight excluding hydrogens is 276 g/mol. The van der Waals surface area contributed by atoms with E-state index in [1.807, 2.05) is 37.5 Å². The average Bonchev–Trinajstić information content (AvgIpc) is 3.01. The quantitative estimate of drug-likeness (QED) is 0.538. The Morgan fingerprint density at radius 3 is 2.70 bits per heavy atom. The Morgan fingerprint density at radius 2 is 1.90 bits per heavy atom. The molecule has 0 atom stereocenters. The summed E-state index contributed by atoms with van der Waals surface area (Å²) in [6.45, 7) is 0. The van der Waals surface area contributed by atoms with Gasteiger partial charge in [-0.15, -0.1) is 5.10 Å². The Hall–Kier alpha value is -2.47. The van der Waals surface area contributed by atoms with Crippen molar-refractivity contribution < 1.29 is 0 Å². The van der Waals surface area contributed by atoms with Crippen LogP contribution in [0.15, 0.2) is 36.8 Å². The standard InChI is InChI=1S/C13H9ClN6/c1-19-6-10-12(17-19)15-7-20-13(10)16-11(18-20)8-2-4-9(14)5-3-8/h2-7H,1H3. The van der Waals surface area contributed by atoms with Gasteiger partial charge in [-0.3, -0.25) is 4.68 Å². The zero-order valence-electron chi connectivity index (χ0n) is 10.5. The van der Waals surface area contributed by atoms with Crippen molar-refractivity contribution in [2.45, 2.75) is 0 Å². The normalized spacial score (nSPS) is 11.5. The molecule has 0 amide bonds. The molecule has 7 heteroatoms. The zero-order chi connectivity index (χ0) is 13.7. The smallest absolute Gasteiger partial charge is 0.186 e. The van der Waals surface area contributed by atoms with E-state index >= 15 is 0 Å². The molecule has 6 nitrogen and oxygen atoms in total. The van der Waals surface area contributed by atoms with Crippen LogP contribution in [0.3, 0.4) is 0 Å². The van der Waals surface area contributed by atoms with E-state index in [4.69, 9.17) is 11.6 Å². The average molecular weight is 285 g/mol. The van der Waals surface area contributed by atoms with Crippen molar-refractivity contribution in [3.63, 3.8) is 0 Å². The first-order chi connectivity index (χ1) is 9.70. The van der Waals surface area contributed by atoms with E-state index in [-0.39, 0.29) is 0 Å². The van der Waals surface area contributed by atoms with Gasteiger partial charge in [0.25, 0.3) is 0 Å². The van der Waals surface area contributed by atoms with E-state index in [9.17, 15) is 0 Å². The second kappa shape index (κ2) is 4.01. The summed E-state index contributed by atoms with van der Waals surface area (Å²) in [6.07, 6.45) is 3.51. The van der Waals surface area contributed by atoms with Crippen LogP contribution in [-0.4, -0.2) is 29.4 Å². The number of aromatic nitrogens is 6. The Balaban J connectivity index is 1.98. The topological polar surface area (TPSA) is 60.9 Å². The Labute approximate surface area is 118 Å². The molecule has 0 radical (unpaired) electrons. The van der Waals surface area contributed by atoms with Crippen LogP contribution in [0.2, 0.25) is 5.02 Å². The molecule has 4 rings (SSSR count). The number of fused-ring (bicyclic) bond motifs is 3. The van der Waals surface area contributed by atoms with E-state index in [0.29, 0.717) is 16.5 Å². The van der Waals surface area contributed by atoms with Gasteiger partial charge >= 0.3 is 0 Å². The lowest BCUT2D eigenvalue weighted by atomic mass is 10.2. The summed E-state index contributed by atoms with van der Waals surface area (Å²) in [4.78, 5) is 8.83. The van der Waals surface area contributed by atoms with Crippen molar-refractivity contribution in [1.82, 2.24) is 29.4 Å². The van der Waals surface area contributed by atoms with Gasteiger partial charge in [0.05, 0.1) is 5.39 Å². The van der Waals surface area contributed by atoms with Crippen LogP contribution in [0, 0.1) is 0 Å². The van der Waals surface area contributed by atoms with Crippen molar-refractivity contribution in [2.75, 3.05) is 0 Å². The lowest BCUT2D eigenvalue weighted by Gasteiger charge is -1.93. The molecule has 3 aromatic heterocycles. The molecule has 98 valence electrons. The number of halogens is 1. The highest BCUT2D eigenvalue weighted by molar-refractivity contribution is 6.30. The molecule has 20 heavy (non-hydrogen) atoms. The minimum absolute atomic E-state index is 0.639. The maximum Gasteiger partial charge on any atom is 0.186 e. The van der Waals surface area contributed by atoms with Gasteiger partial charge < -0.3 is 0 Å². The summed E-state index contributed by atoms with van der Waals surface area (Å²) >= 11 is 5.89. The summed E-state index contributed by atoms with van der Waals surface area (Å²) in [5, 5.41) is 10.3. The second-order valence-electron chi connectivity index (χ2n) is 4.50. The third-order valence-corrected chi connectivity index (χ3v) is 3.33. The Kier molecular flexibility index (Phi) is 2.28. The summed E-state index contributed by atoms with van der Waals surface area (Å²) in [5.74, 6) is 0.639. The molecule has 0 spiro atoms. The van der Waals surface area contributed by atoms with Crippen LogP contribution in [-0.2, 0) is 7.05 Å². The van der Waals surface area contributed by atoms with E-state index in [2.05, 4.69) is 20.2 Å². The van der Waals surface area contributed by atoms with Gasteiger partial charge in [-0.05, 0) is 24.3 Å². The zero-order valence-corrected chi connectivity index (χ0v) is 11.3. The predicted molar refractivity (Wildman–Crippen MR) is 75.5 cm³/mol. The van der Waals surface area contributed by atoms with Crippen molar-refractivity contribution in [2.24, 2.45) is 7.05 Å². The monoisotopic (exact) mass is 284 g/mol. The number of benzene rings is 1. The van der Waals surface area contributed by atoms with Gasteiger partial charge in [0, 0.05) is 23.8 Å². The molecule has 0 N–H and O–H groups in total. The fourth-order valence-electron chi connectivity index (χ4n) is 2.15. The first kappa shape index (κ1) is 11.4. The lowest BCUT2D eigenvalue weighted by molar-refractivity contribution is 0.775. The highest BCUT2D eigenvalue weighted by Gasteiger charge is 2.11. The summed E-state index contributed by atoms with van der Waals surface area (Å²) in [5.41, 5.74) is 2.32. The number of aryl methyl sites for hydroxylation is 1. The molecule has 0 aliphatic carbocycles. The summed E-state index contributed by atoms with van der Waals surface area (Å²) in [7, 11) is 1.86. The number of hydrogen-bond acceptors (Lipinski definition) is 4. The summed E-state index contributed by atoms with van der Waals surface area (Å²) in [6, 6.07) is 7.43. The molecule has 4 aromatic rings. The summed E-state index contributed by atoms with van der Waals surface area (Å²) < 4.78 is 3.38. The van der Waals surface area contributed by atoms with E-state index in [1.54, 1.807) is 15.5 Å². The number of hydrogen-bond donors (Lipinski definition) is 0. The molecule has 0 saturated carbocycles. The molecular formula is C13H9ClN6. The first-order valence-corrected chi connectivity index (χ1v) is 6.39. The van der Waals surface area contributed by atoms with Crippen LogP contribution >= 0.6 is 11.6 Å². The fourth-order valence-corrected chi connectivity index (χ4v) is 2.27. The van der Waals surface area contributed by atoms with Crippen LogP contribution in [0.1, 0.15) is 0 Å². The van der Waals surface area contributed by atoms with Gasteiger partial charge in [0.2, 0.25) is 0 Å². The minimum Gasteiger partial charge on any atom is -0.273 e. The Bertz CT molecular complexity index is 921. The van der Waals surface area contributed by atoms with E-state index in [1.165, 1.54) is 0 Å². The number of nitrogens with zero attached hydrogens (tertiary/aromatic N) is 6. The molecule has 0 unspecified atom stereocenters. The van der Waals surface area contributed by atoms with Crippen LogP contribution in [0.4, 0.5) is 0 Å². The molecule has 3 heterocycles. The molecule has 0 aliphatic rings. The molecule has 1 aromatic carbocycles. The van der Waals surface area contributed by atoms with Crippen LogP contribution < -0.4 is 0 Å². The predicted octanol–water partition coefficient (Wildman–Crippen LogP) is 2.33.